The molecule has 0 aliphatic carbocycles. The predicted molar refractivity (Wildman–Crippen MR) is 105 cm³/mol. The van der Waals surface area contributed by atoms with Gasteiger partial charge in [0.05, 0.1) is 14.2 Å². The Bertz CT molecular complexity index is 536. The number of aliphatic imine (C=N–C) groups is 1. The predicted octanol–water partition coefficient (Wildman–Crippen LogP) is 2.49. The van der Waals surface area contributed by atoms with Crippen molar-refractivity contribution in [3.05, 3.63) is 23.8 Å². The van der Waals surface area contributed by atoms with Crippen molar-refractivity contribution in [1.82, 2.24) is 15.5 Å². The maximum absolute atomic E-state index is 5.43. The van der Waals surface area contributed by atoms with E-state index >= 15 is 0 Å². The Morgan fingerprint density at radius 3 is 2.28 bits per heavy atom. The average Bonchev–Trinajstić information content (AvgIpc) is 2.60. The van der Waals surface area contributed by atoms with E-state index in [2.05, 4.69) is 48.2 Å². The van der Waals surface area contributed by atoms with E-state index in [0.29, 0.717) is 18.6 Å². The molecular weight excluding hydrogens is 316 g/mol. The smallest absolute Gasteiger partial charge is 0.191 e. The molecule has 0 amide bonds. The lowest BCUT2D eigenvalue weighted by Gasteiger charge is -2.30. The minimum atomic E-state index is 0.528. The number of nitrogens with one attached hydrogen (secondary N) is 2. The van der Waals surface area contributed by atoms with Crippen molar-refractivity contribution in [3.8, 4) is 11.5 Å². The van der Waals surface area contributed by atoms with E-state index in [9.17, 15) is 0 Å². The summed E-state index contributed by atoms with van der Waals surface area (Å²) >= 11 is 0. The number of methoxy groups -OCH3 is 2. The van der Waals surface area contributed by atoms with Gasteiger partial charge in [-0.2, -0.15) is 0 Å². The maximum Gasteiger partial charge on any atom is 0.191 e. The zero-order valence-electron chi connectivity index (χ0n) is 16.7. The lowest BCUT2D eigenvalue weighted by Crippen LogP contribution is -2.45. The molecule has 0 bridgehead atoms. The van der Waals surface area contributed by atoms with Crippen molar-refractivity contribution < 1.29 is 9.47 Å². The first-order chi connectivity index (χ1) is 11.9. The van der Waals surface area contributed by atoms with E-state index in [0.717, 1.165) is 36.1 Å². The Kier molecular flexibility index (Phi) is 9.13. The number of hydrogen-bond donors (Lipinski definition) is 2. The molecule has 0 unspecified atom stereocenters. The molecule has 1 aromatic rings. The number of guanidine groups is 1. The van der Waals surface area contributed by atoms with Gasteiger partial charge in [-0.25, -0.2) is 0 Å². The van der Waals surface area contributed by atoms with E-state index in [-0.39, 0.29) is 0 Å². The van der Waals surface area contributed by atoms with Crippen LogP contribution in [-0.4, -0.2) is 57.3 Å². The van der Waals surface area contributed by atoms with Crippen LogP contribution >= 0.6 is 0 Å². The van der Waals surface area contributed by atoms with Gasteiger partial charge < -0.3 is 20.1 Å². The summed E-state index contributed by atoms with van der Waals surface area (Å²) in [5.74, 6) is 2.36. The van der Waals surface area contributed by atoms with Gasteiger partial charge >= 0.3 is 0 Å². The number of benzene rings is 1. The van der Waals surface area contributed by atoms with Crippen molar-refractivity contribution in [2.45, 2.75) is 46.3 Å². The van der Waals surface area contributed by atoms with Crippen LogP contribution in [0.3, 0.4) is 0 Å². The van der Waals surface area contributed by atoms with Gasteiger partial charge in [0.2, 0.25) is 0 Å². The highest BCUT2D eigenvalue weighted by Crippen LogP contribution is 2.24. The van der Waals surface area contributed by atoms with Gasteiger partial charge in [0, 0.05) is 50.4 Å². The minimum Gasteiger partial charge on any atom is -0.497 e. The number of rotatable bonds is 9. The van der Waals surface area contributed by atoms with Crippen LogP contribution in [0.5, 0.6) is 11.5 Å². The molecule has 0 aliphatic rings. The molecule has 0 aromatic heterocycles. The second-order valence-electron chi connectivity index (χ2n) is 6.46. The van der Waals surface area contributed by atoms with E-state index in [1.165, 1.54) is 0 Å². The third-order valence-corrected chi connectivity index (χ3v) is 4.15. The molecule has 0 saturated heterocycles. The molecule has 1 rings (SSSR count). The van der Waals surface area contributed by atoms with Crippen LogP contribution in [0.25, 0.3) is 0 Å². The van der Waals surface area contributed by atoms with E-state index < -0.39 is 0 Å². The summed E-state index contributed by atoms with van der Waals surface area (Å²) in [5.41, 5.74) is 1.05. The highest BCUT2D eigenvalue weighted by molar-refractivity contribution is 5.79. The summed E-state index contributed by atoms with van der Waals surface area (Å²) in [6, 6.07) is 6.87. The summed E-state index contributed by atoms with van der Waals surface area (Å²) in [5, 5.41) is 6.70. The second-order valence-corrected chi connectivity index (χ2v) is 6.46. The number of hydrogen-bond acceptors (Lipinski definition) is 4. The largest absolute Gasteiger partial charge is 0.497 e. The summed E-state index contributed by atoms with van der Waals surface area (Å²) < 4.78 is 10.7. The van der Waals surface area contributed by atoms with Gasteiger partial charge in [0.15, 0.2) is 5.96 Å². The molecule has 0 atom stereocenters. The van der Waals surface area contributed by atoms with Crippen LogP contribution in [0.1, 0.15) is 33.3 Å². The van der Waals surface area contributed by atoms with Crippen LogP contribution in [0.2, 0.25) is 0 Å². The molecule has 0 saturated carbocycles. The standard InChI is InChI=1S/C19H34N4O2/c1-14(2)23(15(3)4)11-10-21-19(20-5)22-13-16-8-9-17(24-6)12-18(16)25-7/h8-9,12,14-15H,10-11,13H2,1-7H3,(H2,20,21,22). The monoisotopic (exact) mass is 350 g/mol. The lowest BCUT2D eigenvalue weighted by atomic mass is 10.2. The minimum absolute atomic E-state index is 0.528. The fourth-order valence-electron chi connectivity index (χ4n) is 2.81. The summed E-state index contributed by atoms with van der Waals surface area (Å²) in [7, 11) is 5.09. The van der Waals surface area contributed by atoms with Gasteiger partial charge in [0.25, 0.3) is 0 Å². The molecule has 0 spiro atoms. The Morgan fingerprint density at radius 1 is 1.08 bits per heavy atom. The lowest BCUT2D eigenvalue weighted by molar-refractivity contribution is 0.178. The molecule has 0 fully saturated rings. The molecule has 0 radical (unpaired) electrons. The first-order valence-electron chi connectivity index (χ1n) is 8.84. The van der Waals surface area contributed by atoms with Crippen molar-refractivity contribution in [3.63, 3.8) is 0 Å². The normalized spacial score (nSPS) is 12.0. The summed E-state index contributed by atoms with van der Waals surface area (Å²) in [6.07, 6.45) is 0. The van der Waals surface area contributed by atoms with Gasteiger partial charge in [-0.3, -0.25) is 9.89 Å². The highest BCUT2D eigenvalue weighted by atomic mass is 16.5. The van der Waals surface area contributed by atoms with E-state index in [1.807, 2.05) is 18.2 Å². The summed E-state index contributed by atoms with van der Waals surface area (Å²) in [6.45, 7) is 11.3. The Labute approximate surface area is 152 Å². The molecule has 1 aromatic carbocycles. The fraction of sp³-hybridized carbons (Fsp3) is 0.632. The van der Waals surface area contributed by atoms with E-state index in [4.69, 9.17) is 9.47 Å². The van der Waals surface area contributed by atoms with Crippen LogP contribution in [0.15, 0.2) is 23.2 Å². The van der Waals surface area contributed by atoms with Crippen LogP contribution in [-0.2, 0) is 6.54 Å². The highest BCUT2D eigenvalue weighted by Gasteiger charge is 2.13. The third-order valence-electron chi connectivity index (χ3n) is 4.15. The number of nitrogens with zero attached hydrogens (tertiary/aromatic N) is 2. The summed E-state index contributed by atoms with van der Waals surface area (Å²) in [4.78, 5) is 6.74. The fourth-order valence-corrected chi connectivity index (χ4v) is 2.81. The van der Waals surface area contributed by atoms with Crippen LogP contribution in [0, 0.1) is 0 Å². The Morgan fingerprint density at radius 2 is 1.76 bits per heavy atom. The van der Waals surface area contributed by atoms with Gasteiger partial charge in [0.1, 0.15) is 11.5 Å². The SMILES string of the molecule is CN=C(NCCN(C(C)C)C(C)C)NCc1ccc(OC)cc1OC. The van der Waals surface area contributed by atoms with Gasteiger partial charge in [-0.1, -0.05) is 0 Å². The zero-order chi connectivity index (χ0) is 18.8. The van der Waals surface area contributed by atoms with Gasteiger partial charge in [-0.15, -0.1) is 0 Å². The third kappa shape index (κ3) is 6.82. The van der Waals surface area contributed by atoms with Crippen molar-refractivity contribution in [2.24, 2.45) is 4.99 Å². The molecule has 25 heavy (non-hydrogen) atoms. The molecule has 6 heteroatoms. The molecule has 142 valence electrons. The molecule has 0 heterocycles. The quantitative estimate of drug-likeness (QED) is 0.529. The van der Waals surface area contributed by atoms with Crippen molar-refractivity contribution in [2.75, 3.05) is 34.4 Å². The first-order valence-corrected chi connectivity index (χ1v) is 8.84. The topological polar surface area (TPSA) is 58.1 Å². The van der Waals surface area contributed by atoms with Crippen molar-refractivity contribution >= 4 is 5.96 Å². The molecule has 2 N–H and O–H groups in total. The Hall–Kier alpha value is -1.95. The Balaban J connectivity index is 2.55. The number of ether oxygens (including phenoxy) is 2. The van der Waals surface area contributed by atoms with Crippen LogP contribution in [0.4, 0.5) is 0 Å². The van der Waals surface area contributed by atoms with Gasteiger partial charge in [-0.05, 0) is 39.8 Å². The molecule has 0 aliphatic heterocycles. The molecular formula is C19H34N4O2. The maximum atomic E-state index is 5.43. The van der Waals surface area contributed by atoms with Crippen molar-refractivity contribution in [1.29, 1.82) is 0 Å². The zero-order valence-corrected chi connectivity index (χ0v) is 16.7. The average molecular weight is 351 g/mol. The second kappa shape index (κ2) is 10.8. The van der Waals surface area contributed by atoms with E-state index in [1.54, 1.807) is 21.3 Å². The van der Waals surface area contributed by atoms with Crippen LogP contribution < -0.4 is 20.1 Å². The molecule has 6 nitrogen and oxygen atoms in total. The first kappa shape index (κ1) is 21.1.